The molecule has 1 aliphatic carbocycles. The van der Waals surface area contributed by atoms with E-state index in [-0.39, 0.29) is 23.3 Å². The number of nitrogens with zero attached hydrogens (tertiary/aromatic N) is 3. The molecule has 3 heterocycles. The van der Waals surface area contributed by atoms with Gasteiger partial charge in [0.25, 0.3) is 0 Å². The van der Waals surface area contributed by atoms with Crippen LogP contribution in [0, 0.1) is 17.2 Å². The molecular weight excluding hydrogens is 411 g/mol. The summed E-state index contributed by atoms with van der Waals surface area (Å²) >= 11 is 0. The lowest BCUT2D eigenvalue weighted by Crippen LogP contribution is -2.38. The highest BCUT2D eigenvalue weighted by atomic mass is 19.1. The van der Waals surface area contributed by atoms with Gasteiger partial charge in [-0.2, -0.15) is 4.98 Å². The molecule has 168 valence electrons. The van der Waals surface area contributed by atoms with E-state index in [4.69, 9.17) is 19.2 Å². The average Bonchev–Trinajstić information content (AvgIpc) is 3.55. The number of aromatic nitrogens is 4. The molecule has 0 amide bonds. The number of aromatic amines is 1. The maximum atomic E-state index is 13.5. The fraction of sp³-hybridized carbons (Fsp3) is 0.458. The van der Waals surface area contributed by atoms with E-state index in [1.165, 1.54) is 25.0 Å². The summed E-state index contributed by atoms with van der Waals surface area (Å²) in [6.45, 7) is 7.31. The maximum absolute atomic E-state index is 13.5. The second kappa shape index (κ2) is 8.26. The predicted molar refractivity (Wildman–Crippen MR) is 116 cm³/mol. The summed E-state index contributed by atoms with van der Waals surface area (Å²) in [5, 5.41) is 0. The third-order valence-electron chi connectivity index (χ3n) is 5.99. The Morgan fingerprint density at radius 2 is 1.81 bits per heavy atom. The molecule has 1 N–H and O–H groups in total. The molecule has 1 aliphatic heterocycles. The number of ether oxygens (including phenoxy) is 3. The van der Waals surface area contributed by atoms with Crippen LogP contribution in [0.5, 0.6) is 6.01 Å². The van der Waals surface area contributed by atoms with E-state index < -0.39 is 6.29 Å². The van der Waals surface area contributed by atoms with Gasteiger partial charge in [0.2, 0.25) is 6.29 Å². The maximum Gasteiger partial charge on any atom is 0.317 e. The molecule has 32 heavy (non-hydrogen) atoms. The lowest BCUT2D eigenvalue weighted by atomic mass is 9.86. The van der Waals surface area contributed by atoms with Crippen molar-refractivity contribution in [2.45, 2.75) is 46.0 Å². The molecular formula is C24H27FN4O3. The highest BCUT2D eigenvalue weighted by Crippen LogP contribution is 2.48. The fourth-order valence-electron chi connectivity index (χ4n) is 4.05. The van der Waals surface area contributed by atoms with Crippen LogP contribution in [0.15, 0.2) is 36.5 Å². The van der Waals surface area contributed by atoms with Gasteiger partial charge in [-0.3, -0.25) is 0 Å². The zero-order chi connectivity index (χ0) is 22.3. The first-order valence-corrected chi connectivity index (χ1v) is 11.0. The molecule has 0 bridgehead atoms. The van der Waals surface area contributed by atoms with Gasteiger partial charge in [0, 0.05) is 17.2 Å². The summed E-state index contributed by atoms with van der Waals surface area (Å²) in [4.78, 5) is 16.8. The lowest BCUT2D eigenvalue weighted by molar-refractivity contribution is -0.238. The van der Waals surface area contributed by atoms with Crippen LogP contribution < -0.4 is 4.74 Å². The van der Waals surface area contributed by atoms with E-state index in [1.807, 2.05) is 13.8 Å². The number of hydrogen-bond acceptors (Lipinski definition) is 6. The molecule has 1 saturated heterocycles. The Morgan fingerprint density at radius 3 is 2.47 bits per heavy atom. The molecule has 5 rings (SSSR count). The average molecular weight is 439 g/mol. The van der Waals surface area contributed by atoms with Gasteiger partial charge in [0.1, 0.15) is 5.82 Å². The van der Waals surface area contributed by atoms with Crippen molar-refractivity contribution in [3.8, 4) is 28.7 Å². The lowest BCUT2D eigenvalue weighted by Gasteiger charge is -2.36. The molecule has 3 aromatic rings. The Bertz CT molecular complexity index is 1090. The Kier molecular flexibility index (Phi) is 5.43. The van der Waals surface area contributed by atoms with Crippen LogP contribution in [0.25, 0.3) is 22.6 Å². The predicted octanol–water partition coefficient (Wildman–Crippen LogP) is 4.92. The second-order valence-electron chi connectivity index (χ2n) is 9.13. The molecule has 0 spiro atoms. The van der Waals surface area contributed by atoms with Crippen molar-refractivity contribution in [2.75, 3.05) is 13.2 Å². The Hall–Kier alpha value is -2.84. The van der Waals surface area contributed by atoms with Crippen LogP contribution in [0.1, 0.15) is 45.7 Å². The van der Waals surface area contributed by atoms with Crippen LogP contribution in [0.4, 0.5) is 4.39 Å². The number of benzene rings is 1. The first-order valence-electron chi connectivity index (χ1n) is 11.0. The molecule has 2 fully saturated rings. The zero-order valence-electron chi connectivity index (χ0n) is 18.5. The van der Waals surface area contributed by atoms with E-state index in [0.717, 1.165) is 5.56 Å². The van der Waals surface area contributed by atoms with Crippen LogP contribution in [0.2, 0.25) is 0 Å². The minimum atomic E-state index is -0.594. The smallest absolute Gasteiger partial charge is 0.317 e. The summed E-state index contributed by atoms with van der Waals surface area (Å²) in [5.74, 6) is 0.923. The van der Waals surface area contributed by atoms with Gasteiger partial charge in [-0.15, -0.1) is 0 Å². The van der Waals surface area contributed by atoms with E-state index in [0.29, 0.717) is 42.0 Å². The zero-order valence-corrected chi connectivity index (χ0v) is 18.5. The van der Waals surface area contributed by atoms with Crippen molar-refractivity contribution in [3.63, 3.8) is 0 Å². The van der Waals surface area contributed by atoms with Crippen LogP contribution in [0.3, 0.4) is 0 Å². The van der Waals surface area contributed by atoms with Crippen LogP contribution in [-0.4, -0.2) is 39.3 Å². The summed E-state index contributed by atoms with van der Waals surface area (Å²) in [6, 6.07) is 8.27. The van der Waals surface area contributed by atoms with Crippen molar-refractivity contribution < 1.29 is 18.6 Å². The molecule has 0 radical (unpaired) electrons. The van der Waals surface area contributed by atoms with Crippen LogP contribution in [-0.2, 0) is 9.47 Å². The summed E-state index contributed by atoms with van der Waals surface area (Å²) in [7, 11) is 0. The van der Waals surface area contributed by atoms with Gasteiger partial charge in [-0.25, -0.2) is 14.4 Å². The van der Waals surface area contributed by atoms with Gasteiger partial charge in [-0.1, -0.05) is 6.92 Å². The molecule has 0 unspecified atom stereocenters. The molecule has 0 atom stereocenters. The standard InChI is InChI=1S/C24H27FN4O3/c1-14(2)32-23-26-11-10-18(27-23)20-19(15-4-8-17(25)9-5-15)28-21(29-20)22-30-12-24(3,13-31-22)16-6-7-16/h4-5,8-11,14,16,22H,6-7,12-13H2,1-3H3,(H,28,29). The number of hydrogen-bond donors (Lipinski definition) is 1. The van der Waals surface area contributed by atoms with E-state index in [2.05, 4.69) is 21.9 Å². The molecule has 2 aliphatic rings. The molecule has 8 heteroatoms. The summed E-state index contributed by atoms with van der Waals surface area (Å²) in [6.07, 6.45) is 3.47. The first kappa shape index (κ1) is 21.0. The van der Waals surface area contributed by atoms with Crippen molar-refractivity contribution in [1.29, 1.82) is 0 Å². The van der Waals surface area contributed by atoms with E-state index in [9.17, 15) is 4.39 Å². The second-order valence-corrected chi connectivity index (χ2v) is 9.13. The third kappa shape index (κ3) is 4.25. The highest BCUT2D eigenvalue weighted by Gasteiger charge is 2.45. The Balaban J connectivity index is 1.49. The van der Waals surface area contributed by atoms with Crippen molar-refractivity contribution >= 4 is 0 Å². The topological polar surface area (TPSA) is 82.2 Å². The third-order valence-corrected chi connectivity index (χ3v) is 5.99. The van der Waals surface area contributed by atoms with E-state index >= 15 is 0 Å². The van der Waals surface area contributed by atoms with Crippen molar-refractivity contribution in [1.82, 2.24) is 19.9 Å². The number of H-pyrrole nitrogens is 1. The van der Waals surface area contributed by atoms with Gasteiger partial charge < -0.3 is 19.2 Å². The number of nitrogens with one attached hydrogen (secondary N) is 1. The van der Waals surface area contributed by atoms with Crippen LogP contribution >= 0.6 is 0 Å². The normalized spacial score (nSPS) is 23.5. The minimum Gasteiger partial charge on any atom is -0.461 e. The first-order chi connectivity index (χ1) is 15.4. The fourth-order valence-corrected chi connectivity index (χ4v) is 4.05. The van der Waals surface area contributed by atoms with Crippen molar-refractivity contribution in [3.05, 3.63) is 48.2 Å². The largest absolute Gasteiger partial charge is 0.461 e. The number of rotatable bonds is 6. The van der Waals surface area contributed by atoms with E-state index in [1.54, 1.807) is 24.4 Å². The van der Waals surface area contributed by atoms with Crippen molar-refractivity contribution in [2.24, 2.45) is 11.3 Å². The summed E-state index contributed by atoms with van der Waals surface area (Å²) in [5.41, 5.74) is 2.74. The van der Waals surface area contributed by atoms with Gasteiger partial charge >= 0.3 is 6.01 Å². The van der Waals surface area contributed by atoms with Gasteiger partial charge in [0.05, 0.1) is 36.4 Å². The number of halogens is 1. The summed E-state index contributed by atoms with van der Waals surface area (Å²) < 4.78 is 31.4. The minimum absolute atomic E-state index is 0.0519. The molecule has 7 nitrogen and oxygen atoms in total. The molecule has 1 saturated carbocycles. The quantitative estimate of drug-likeness (QED) is 0.588. The number of imidazole rings is 1. The monoisotopic (exact) mass is 438 g/mol. The highest BCUT2D eigenvalue weighted by molar-refractivity contribution is 5.76. The molecule has 2 aromatic heterocycles. The Labute approximate surface area is 186 Å². The SMILES string of the molecule is CC(C)Oc1nccc(-c2[nH]c(C3OCC(C)(C4CC4)CO3)nc2-c2ccc(F)cc2)n1. The van der Waals surface area contributed by atoms with Gasteiger partial charge in [0.15, 0.2) is 5.82 Å². The molecule has 1 aromatic carbocycles. The van der Waals surface area contributed by atoms with Gasteiger partial charge in [-0.05, 0) is 62.9 Å². The Morgan fingerprint density at radius 1 is 1.09 bits per heavy atom.